The molecule has 1 aliphatic heterocycles. The van der Waals surface area contributed by atoms with Crippen LogP contribution in [0, 0.1) is 24.0 Å². The molecule has 1 aliphatic rings. The molecule has 0 radical (unpaired) electrons. The van der Waals surface area contributed by atoms with E-state index in [1.165, 1.54) is 4.68 Å². The number of hydrogen-bond acceptors (Lipinski definition) is 5. The van der Waals surface area contributed by atoms with Gasteiger partial charge in [-0.3, -0.25) is 19.6 Å². The number of nitro groups is 1. The van der Waals surface area contributed by atoms with Crippen LogP contribution in [0.4, 0.5) is 5.69 Å². The Bertz CT molecular complexity index is 525. The lowest BCUT2D eigenvalue weighted by Gasteiger charge is -2.11. The highest BCUT2D eigenvalue weighted by molar-refractivity contribution is 5.85. The van der Waals surface area contributed by atoms with Gasteiger partial charge < -0.3 is 10.6 Å². The first-order valence-electron chi connectivity index (χ1n) is 6.67. The molecule has 1 aromatic rings. The summed E-state index contributed by atoms with van der Waals surface area (Å²) in [6, 6.07) is 0.192. The largest absolute Gasteiger partial charge is 0.352 e. The summed E-state index contributed by atoms with van der Waals surface area (Å²) in [7, 11) is 0. The van der Waals surface area contributed by atoms with Gasteiger partial charge in [-0.05, 0) is 26.8 Å². The number of aryl methyl sites for hydroxylation is 2. The van der Waals surface area contributed by atoms with E-state index in [1.54, 1.807) is 13.8 Å². The Labute approximate surface area is 128 Å². The Morgan fingerprint density at radius 3 is 2.81 bits per heavy atom. The minimum Gasteiger partial charge on any atom is -0.352 e. The molecule has 1 fully saturated rings. The monoisotopic (exact) mass is 317 g/mol. The zero-order valence-electron chi connectivity index (χ0n) is 12.1. The quantitative estimate of drug-likeness (QED) is 0.614. The van der Waals surface area contributed by atoms with Crippen LogP contribution in [0.25, 0.3) is 0 Å². The van der Waals surface area contributed by atoms with Crippen LogP contribution in [0.2, 0.25) is 0 Å². The SMILES string of the molecule is Cc1nn(CCC(=O)NC2CCNC2)c(C)c1[N+](=O)[O-].Cl. The van der Waals surface area contributed by atoms with Gasteiger partial charge in [-0.1, -0.05) is 0 Å². The maximum atomic E-state index is 11.8. The van der Waals surface area contributed by atoms with Gasteiger partial charge in [-0.2, -0.15) is 5.10 Å². The molecule has 1 aromatic heterocycles. The fraction of sp³-hybridized carbons (Fsp3) is 0.667. The van der Waals surface area contributed by atoms with E-state index >= 15 is 0 Å². The molecular weight excluding hydrogens is 298 g/mol. The molecule has 1 saturated heterocycles. The van der Waals surface area contributed by atoms with Crippen LogP contribution in [0.1, 0.15) is 24.2 Å². The van der Waals surface area contributed by atoms with Crippen molar-refractivity contribution in [2.75, 3.05) is 13.1 Å². The van der Waals surface area contributed by atoms with Crippen molar-refractivity contribution in [2.24, 2.45) is 0 Å². The van der Waals surface area contributed by atoms with Crippen molar-refractivity contribution >= 4 is 24.0 Å². The number of hydrogen-bond donors (Lipinski definition) is 2. The van der Waals surface area contributed by atoms with Crippen molar-refractivity contribution in [3.8, 4) is 0 Å². The van der Waals surface area contributed by atoms with E-state index in [0.717, 1.165) is 19.5 Å². The number of nitrogens with one attached hydrogen (secondary N) is 2. The Morgan fingerprint density at radius 1 is 1.57 bits per heavy atom. The van der Waals surface area contributed by atoms with Crippen LogP contribution in [0.3, 0.4) is 0 Å². The molecule has 1 unspecified atom stereocenters. The topological polar surface area (TPSA) is 102 Å². The second-order valence-corrected chi connectivity index (χ2v) is 5.01. The van der Waals surface area contributed by atoms with Gasteiger partial charge in [0.1, 0.15) is 11.4 Å². The second kappa shape index (κ2) is 7.37. The Morgan fingerprint density at radius 2 is 2.29 bits per heavy atom. The Hall–Kier alpha value is -1.67. The summed E-state index contributed by atoms with van der Waals surface area (Å²) in [4.78, 5) is 22.3. The molecule has 0 aromatic carbocycles. The molecule has 2 N–H and O–H groups in total. The summed E-state index contributed by atoms with van der Waals surface area (Å²) in [6.07, 6.45) is 1.22. The van der Waals surface area contributed by atoms with Crippen molar-refractivity contribution in [3.63, 3.8) is 0 Å². The average molecular weight is 318 g/mol. The Kier molecular flexibility index (Phi) is 6.10. The predicted molar refractivity (Wildman–Crippen MR) is 79.6 cm³/mol. The van der Waals surface area contributed by atoms with Gasteiger partial charge in [-0.15, -0.1) is 12.4 Å². The van der Waals surface area contributed by atoms with E-state index in [-0.39, 0.29) is 36.5 Å². The van der Waals surface area contributed by atoms with Gasteiger partial charge in [0.15, 0.2) is 0 Å². The molecule has 0 saturated carbocycles. The number of halogens is 1. The third-order valence-electron chi connectivity index (χ3n) is 3.50. The van der Waals surface area contributed by atoms with E-state index in [9.17, 15) is 14.9 Å². The van der Waals surface area contributed by atoms with Crippen molar-refractivity contribution in [1.82, 2.24) is 20.4 Å². The summed E-state index contributed by atoms with van der Waals surface area (Å²) in [5.41, 5.74) is 0.904. The smallest absolute Gasteiger partial charge is 0.312 e. The zero-order valence-corrected chi connectivity index (χ0v) is 12.9. The van der Waals surface area contributed by atoms with Gasteiger partial charge in [0, 0.05) is 19.0 Å². The molecule has 0 spiro atoms. The summed E-state index contributed by atoms with van der Waals surface area (Å²) >= 11 is 0. The first kappa shape index (κ1) is 17.4. The number of rotatable bonds is 5. The highest BCUT2D eigenvalue weighted by Gasteiger charge is 2.22. The minimum absolute atomic E-state index is 0. The number of carbonyl (C=O) groups is 1. The molecule has 1 atom stereocenters. The van der Waals surface area contributed by atoms with E-state index in [1.807, 2.05) is 0 Å². The third kappa shape index (κ3) is 4.15. The van der Waals surface area contributed by atoms with E-state index in [0.29, 0.717) is 17.9 Å². The second-order valence-electron chi connectivity index (χ2n) is 5.01. The van der Waals surface area contributed by atoms with Crippen LogP contribution >= 0.6 is 12.4 Å². The fourth-order valence-electron chi connectivity index (χ4n) is 2.45. The highest BCUT2D eigenvalue weighted by Crippen LogP contribution is 2.21. The maximum Gasteiger partial charge on any atom is 0.312 e. The first-order valence-corrected chi connectivity index (χ1v) is 6.67. The summed E-state index contributed by atoms with van der Waals surface area (Å²) < 4.78 is 1.53. The van der Waals surface area contributed by atoms with Crippen LogP contribution in [-0.2, 0) is 11.3 Å². The number of carbonyl (C=O) groups excluding carboxylic acids is 1. The van der Waals surface area contributed by atoms with Crippen molar-refractivity contribution in [1.29, 1.82) is 0 Å². The van der Waals surface area contributed by atoms with Crippen molar-refractivity contribution in [2.45, 2.75) is 39.3 Å². The average Bonchev–Trinajstić information content (AvgIpc) is 2.95. The lowest BCUT2D eigenvalue weighted by molar-refractivity contribution is -0.386. The molecule has 9 heteroatoms. The summed E-state index contributed by atoms with van der Waals surface area (Å²) in [5, 5.41) is 21.1. The van der Waals surface area contributed by atoms with Gasteiger partial charge in [-0.25, -0.2) is 0 Å². The normalized spacial score (nSPS) is 17.3. The van der Waals surface area contributed by atoms with Gasteiger partial charge >= 0.3 is 5.69 Å². The molecule has 0 bridgehead atoms. The standard InChI is InChI=1S/C12H19N5O3.ClH/c1-8-12(17(19)20)9(2)16(15-8)6-4-11(18)14-10-3-5-13-7-10;/h10,13H,3-7H2,1-2H3,(H,14,18);1H. The van der Waals surface area contributed by atoms with E-state index < -0.39 is 4.92 Å². The molecular formula is C12H20ClN5O3. The molecule has 118 valence electrons. The lowest BCUT2D eigenvalue weighted by Crippen LogP contribution is -2.36. The molecule has 2 heterocycles. The predicted octanol–water partition coefficient (Wildman–Crippen LogP) is 0.698. The number of aromatic nitrogens is 2. The van der Waals surface area contributed by atoms with Crippen LogP contribution in [0.15, 0.2) is 0 Å². The van der Waals surface area contributed by atoms with Gasteiger partial charge in [0.2, 0.25) is 5.91 Å². The fourth-order valence-corrected chi connectivity index (χ4v) is 2.45. The van der Waals surface area contributed by atoms with Crippen LogP contribution < -0.4 is 10.6 Å². The summed E-state index contributed by atoms with van der Waals surface area (Å²) in [6.45, 7) is 5.33. The van der Waals surface area contributed by atoms with Crippen molar-refractivity contribution in [3.05, 3.63) is 21.5 Å². The third-order valence-corrected chi connectivity index (χ3v) is 3.50. The molecule has 0 aliphatic carbocycles. The van der Waals surface area contributed by atoms with Crippen LogP contribution in [-0.4, -0.2) is 39.7 Å². The minimum atomic E-state index is -0.432. The highest BCUT2D eigenvalue weighted by atomic mass is 35.5. The van der Waals surface area contributed by atoms with Gasteiger partial charge in [0.25, 0.3) is 0 Å². The number of amides is 1. The maximum absolute atomic E-state index is 11.8. The molecule has 2 rings (SSSR count). The van der Waals surface area contributed by atoms with Crippen LogP contribution in [0.5, 0.6) is 0 Å². The molecule has 8 nitrogen and oxygen atoms in total. The Balaban J connectivity index is 0.00000220. The zero-order chi connectivity index (χ0) is 14.7. The molecule has 1 amide bonds. The van der Waals surface area contributed by atoms with E-state index in [4.69, 9.17) is 0 Å². The molecule has 21 heavy (non-hydrogen) atoms. The summed E-state index contributed by atoms with van der Waals surface area (Å²) in [5.74, 6) is -0.0473. The first-order chi connectivity index (χ1) is 9.49. The number of nitrogens with zero attached hydrogens (tertiary/aromatic N) is 3. The lowest BCUT2D eigenvalue weighted by atomic mass is 10.2. The van der Waals surface area contributed by atoms with Gasteiger partial charge in [0.05, 0.1) is 11.5 Å². The van der Waals surface area contributed by atoms with E-state index in [2.05, 4.69) is 15.7 Å². The van der Waals surface area contributed by atoms with Crippen molar-refractivity contribution < 1.29 is 9.72 Å².